The van der Waals surface area contributed by atoms with Crippen LogP contribution < -0.4 is 10.1 Å². The highest BCUT2D eigenvalue weighted by Crippen LogP contribution is 2.37. The van der Waals surface area contributed by atoms with Gasteiger partial charge in [-0.25, -0.2) is 9.97 Å². The van der Waals surface area contributed by atoms with E-state index in [-0.39, 0.29) is 17.9 Å². The molecule has 23 heavy (non-hydrogen) atoms. The van der Waals surface area contributed by atoms with E-state index in [2.05, 4.69) is 21.4 Å². The van der Waals surface area contributed by atoms with E-state index >= 15 is 0 Å². The largest absolute Gasteiger partial charge is 0.487 e. The van der Waals surface area contributed by atoms with E-state index in [0.717, 1.165) is 29.7 Å². The molecule has 3 rings (SSSR count). The molecular weight excluding hydrogens is 290 g/mol. The summed E-state index contributed by atoms with van der Waals surface area (Å²) < 4.78 is 6.06. The lowest BCUT2D eigenvalue weighted by molar-refractivity contribution is -0.124. The molecule has 5 nitrogen and oxygen atoms in total. The molecule has 2 aromatic rings. The number of nitrogens with one attached hydrogen (secondary N) is 1. The number of aromatic nitrogens is 2. The third kappa shape index (κ3) is 3.33. The number of hydrogen-bond donors (Lipinski definition) is 1. The lowest BCUT2D eigenvalue weighted by Crippen LogP contribution is -2.37. The zero-order valence-electron chi connectivity index (χ0n) is 13.5. The van der Waals surface area contributed by atoms with Crippen molar-refractivity contribution in [3.05, 3.63) is 42.2 Å². The molecule has 5 heteroatoms. The summed E-state index contributed by atoms with van der Waals surface area (Å²) >= 11 is 0. The van der Waals surface area contributed by atoms with Crippen LogP contribution in [0.5, 0.6) is 5.75 Å². The summed E-state index contributed by atoms with van der Waals surface area (Å²) in [6.07, 6.45) is 5.04. The van der Waals surface area contributed by atoms with Crippen LogP contribution in [0, 0.1) is 5.92 Å². The average molecular weight is 311 g/mol. The van der Waals surface area contributed by atoms with E-state index in [1.165, 1.54) is 0 Å². The third-order valence-electron chi connectivity index (χ3n) is 4.20. The highest BCUT2D eigenvalue weighted by molar-refractivity contribution is 5.78. The van der Waals surface area contributed by atoms with Gasteiger partial charge in [-0.05, 0) is 24.1 Å². The molecule has 2 atom stereocenters. The van der Waals surface area contributed by atoms with E-state index < -0.39 is 0 Å². The zero-order chi connectivity index (χ0) is 16.2. The molecular formula is C18H21N3O2. The van der Waals surface area contributed by atoms with Gasteiger partial charge in [0.2, 0.25) is 5.91 Å². The fourth-order valence-electron chi connectivity index (χ4n) is 2.64. The molecule has 0 radical (unpaired) electrons. The summed E-state index contributed by atoms with van der Waals surface area (Å²) in [5, 5.41) is 2.97. The molecule has 1 amide bonds. The molecule has 2 heterocycles. The fraction of sp³-hybridized carbons (Fsp3) is 0.389. The minimum Gasteiger partial charge on any atom is -0.487 e. The Morgan fingerprint density at radius 3 is 2.87 bits per heavy atom. The van der Waals surface area contributed by atoms with Crippen LogP contribution in [-0.2, 0) is 11.2 Å². The Labute approximate surface area is 136 Å². The van der Waals surface area contributed by atoms with Gasteiger partial charge < -0.3 is 10.1 Å². The Hall–Kier alpha value is -2.43. The van der Waals surface area contributed by atoms with Crippen LogP contribution in [0.15, 0.2) is 36.7 Å². The SMILES string of the molecule is CC[C@@H](C)C(=O)NC[C@@H]1Cc2cccc(-c3ncccn3)c2O1. The fourth-order valence-corrected chi connectivity index (χ4v) is 2.64. The molecule has 1 N–H and O–H groups in total. The van der Waals surface area contributed by atoms with Gasteiger partial charge in [-0.3, -0.25) is 4.79 Å². The van der Waals surface area contributed by atoms with Crippen LogP contribution in [0.3, 0.4) is 0 Å². The predicted octanol–water partition coefficient (Wildman–Crippen LogP) is 2.61. The van der Waals surface area contributed by atoms with Crippen LogP contribution in [-0.4, -0.2) is 28.5 Å². The first-order valence-corrected chi connectivity index (χ1v) is 8.02. The maximum atomic E-state index is 11.9. The van der Waals surface area contributed by atoms with Gasteiger partial charge >= 0.3 is 0 Å². The van der Waals surface area contributed by atoms with Gasteiger partial charge in [0, 0.05) is 24.7 Å². The number of hydrogen-bond acceptors (Lipinski definition) is 4. The van der Waals surface area contributed by atoms with Gasteiger partial charge in [-0.15, -0.1) is 0 Å². The molecule has 0 saturated carbocycles. The number of rotatable bonds is 5. The third-order valence-corrected chi connectivity index (χ3v) is 4.20. The molecule has 0 saturated heterocycles. The second-order valence-corrected chi connectivity index (χ2v) is 5.86. The van der Waals surface area contributed by atoms with Crippen LogP contribution in [0.2, 0.25) is 0 Å². The Morgan fingerprint density at radius 2 is 2.13 bits per heavy atom. The number of para-hydroxylation sites is 1. The van der Waals surface area contributed by atoms with Gasteiger partial charge in [0.15, 0.2) is 5.82 Å². The van der Waals surface area contributed by atoms with Crippen molar-refractivity contribution in [1.29, 1.82) is 0 Å². The van der Waals surface area contributed by atoms with Gasteiger partial charge in [-0.1, -0.05) is 26.0 Å². The van der Waals surface area contributed by atoms with Crippen molar-refractivity contribution in [2.24, 2.45) is 5.92 Å². The van der Waals surface area contributed by atoms with Crippen molar-refractivity contribution < 1.29 is 9.53 Å². The molecule has 0 unspecified atom stereocenters. The first-order valence-electron chi connectivity index (χ1n) is 8.02. The molecule has 1 aromatic heterocycles. The minimum atomic E-state index is -0.0390. The summed E-state index contributed by atoms with van der Waals surface area (Å²) in [6, 6.07) is 7.81. The second kappa shape index (κ2) is 6.77. The summed E-state index contributed by atoms with van der Waals surface area (Å²) in [4.78, 5) is 20.5. The van der Waals surface area contributed by atoms with E-state index in [1.807, 2.05) is 26.0 Å². The molecule has 0 spiro atoms. The zero-order valence-corrected chi connectivity index (χ0v) is 13.5. The van der Waals surface area contributed by atoms with Crippen molar-refractivity contribution >= 4 is 5.91 Å². The number of carbonyl (C=O) groups is 1. The van der Waals surface area contributed by atoms with Crippen LogP contribution in [0.25, 0.3) is 11.4 Å². The summed E-state index contributed by atoms with van der Waals surface area (Å²) in [5.74, 6) is 1.61. The standard InChI is InChI=1S/C18H21N3O2/c1-3-12(2)18(22)21-11-14-10-13-6-4-7-15(16(13)23-14)17-19-8-5-9-20-17/h4-9,12,14H,3,10-11H2,1-2H3,(H,21,22)/t12-,14+/m1/s1. The Kier molecular flexibility index (Phi) is 4.55. The van der Waals surface area contributed by atoms with Crippen LogP contribution in [0.1, 0.15) is 25.8 Å². The monoisotopic (exact) mass is 311 g/mol. The van der Waals surface area contributed by atoms with Gasteiger partial charge in [0.25, 0.3) is 0 Å². The quantitative estimate of drug-likeness (QED) is 0.922. The molecule has 1 aliphatic rings. The summed E-state index contributed by atoms with van der Waals surface area (Å²) in [7, 11) is 0. The molecule has 0 bridgehead atoms. The lowest BCUT2D eigenvalue weighted by Gasteiger charge is -2.15. The number of fused-ring (bicyclic) bond motifs is 1. The topological polar surface area (TPSA) is 64.1 Å². The van der Waals surface area contributed by atoms with Crippen molar-refractivity contribution in [2.45, 2.75) is 32.8 Å². The first kappa shape index (κ1) is 15.5. The van der Waals surface area contributed by atoms with Crippen molar-refractivity contribution in [1.82, 2.24) is 15.3 Å². The van der Waals surface area contributed by atoms with Crippen molar-refractivity contribution in [3.63, 3.8) is 0 Å². The predicted molar refractivity (Wildman–Crippen MR) is 88.1 cm³/mol. The summed E-state index contributed by atoms with van der Waals surface area (Å²) in [6.45, 7) is 4.47. The smallest absolute Gasteiger partial charge is 0.222 e. The van der Waals surface area contributed by atoms with Gasteiger partial charge in [-0.2, -0.15) is 0 Å². The number of amides is 1. The highest BCUT2D eigenvalue weighted by Gasteiger charge is 2.27. The number of carbonyl (C=O) groups excluding carboxylic acids is 1. The molecule has 120 valence electrons. The first-order chi connectivity index (χ1) is 11.2. The minimum absolute atomic E-state index is 0.0343. The Balaban J connectivity index is 1.71. The van der Waals surface area contributed by atoms with Gasteiger partial charge in [0.1, 0.15) is 11.9 Å². The van der Waals surface area contributed by atoms with Crippen molar-refractivity contribution in [2.75, 3.05) is 6.54 Å². The second-order valence-electron chi connectivity index (χ2n) is 5.86. The average Bonchev–Trinajstić information content (AvgIpc) is 3.02. The molecule has 1 aliphatic heterocycles. The molecule has 1 aromatic carbocycles. The maximum Gasteiger partial charge on any atom is 0.222 e. The number of ether oxygens (including phenoxy) is 1. The van der Waals surface area contributed by atoms with Crippen LogP contribution in [0.4, 0.5) is 0 Å². The van der Waals surface area contributed by atoms with E-state index in [1.54, 1.807) is 18.5 Å². The lowest BCUT2D eigenvalue weighted by atomic mass is 10.1. The van der Waals surface area contributed by atoms with E-state index in [4.69, 9.17) is 4.74 Å². The Bertz CT molecular complexity index is 688. The highest BCUT2D eigenvalue weighted by atomic mass is 16.5. The van der Waals surface area contributed by atoms with Crippen LogP contribution >= 0.6 is 0 Å². The normalized spacial score (nSPS) is 17.2. The summed E-state index contributed by atoms with van der Waals surface area (Å²) in [5.41, 5.74) is 2.04. The van der Waals surface area contributed by atoms with Gasteiger partial charge in [0.05, 0.1) is 12.1 Å². The van der Waals surface area contributed by atoms with E-state index in [9.17, 15) is 4.79 Å². The maximum absolute atomic E-state index is 11.9. The van der Waals surface area contributed by atoms with Crippen molar-refractivity contribution in [3.8, 4) is 17.1 Å². The number of nitrogens with zero attached hydrogens (tertiary/aromatic N) is 2. The molecule has 0 fully saturated rings. The van der Waals surface area contributed by atoms with E-state index in [0.29, 0.717) is 12.4 Å². The molecule has 0 aliphatic carbocycles. The Morgan fingerprint density at radius 1 is 1.35 bits per heavy atom. The number of benzene rings is 1.